The quantitative estimate of drug-likeness (QED) is 0.0636. The van der Waals surface area contributed by atoms with Gasteiger partial charge in [0.05, 0.1) is 0 Å². The topological polar surface area (TPSA) is 260 Å². The van der Waals surface area contributed by atoms with E-state index in [9.17, 15) is 27.6 Å². The van der Waals surface area contributed by atoms with Gasteiger partial charge in [-0.3, -0.25) is 52.9 Å². The van der Waals surface area contributed by atoms with E-state index in [4.69, 9.17) is 30.5 Å². The van der Waals surface area contributed by atoms with E-state index < -0.39 is 31.7 Å². The highest BCUT2D eigenvalue weighted by Gasteiger charge is 2.34. The Labute approximate surface area is 772 Å². The SMILES string of the molecule is CC(=O)N1CCN(C(C)(C)C)CC1.CC(C)(C)N1CCN(CCCN)CC1.CC(C)(C)N1CCS(=N)(=O)CC1.CC(C)(C)N1CCS(=O)CC1.CC(C)(C)N1CCSCC1.CC(C)(C)OC(=O)N1CCN(C(C)(C)C)CC1.CC(C)(C)OC(=O)NCCCN1CCN(C(C)(C)C)CC1.CC(C)N(C)CCCCC(=O)OC(C)(C)C.CN(CCCN)C(C)(C)C. The molecule has 740 valence electrons. The smallest absolute Gasteiger partial charge is 0.410 e. The van der Waals surface area contributed by atoms with Crippen LogP contribution in [-0.4, -0.2) is 402 Å². The number of rotatable bonds is 16. The number of esters is 1. The van der Waals surface area contributed by atoms with Crippen molar-refractivity contribution in [3.8, 4) is 0 Å². The molecule has 0 bridgehead atoms. The number of ether oxygens (including phenoxy) is 3. The first kappa shape index (κ1) is 123. The van der Waals surface area contributed by atoms with Crippen LogP contribution in [0.25, 0.3) is 0 Å². The number of nitrogens with zero attached hydrogens (tertiary/aromatic N) is 13. The molecule has 0 saturated carbocycles. The summed E-state index contributed by atoms with van der Waals surface area (Å²) in [4.78, 5) is 76.3. The number of alkyl carbamates (subject to hydrolysis) is 1. The number of hydrogen-bond acceptors (Lipinski definition) is 24. The molecule has 0 spiro atoms. The fourth-order valence-corrected chi connectivity index (χ4v) is 17.1. The summed E-state index contributed by atoms with van der Waals surface area (Å²) in [6.07, 6.45) is 5.17. The predicted molar refractivity (Wildman–Crippen MR) is 534 cm³/mol. The number of carbonyl (C=O) groups is 4. The molecule has 0 atom stereocenters. The summed E-state index contributed by atoms with van der Waals surface area (Å²) in [5, 5.41) is 2.81. The summed E-state index contributed by atoms with van der Waals surface area (Å²) in [6.45, 7) is 106. The minimum Gasteiger partial charge on any atom is -0.460 e. The van der Waals surface area contributed by atoms with Crippen LogP contribution in [0.2, 0.25) is 0 Å². The average Bonchev–Trinajstić information content (AvgIpc) is 0.829. The van der Waals surface area contributed by atoms with Crippen molar-refractivity contribution in [3.05, 3.63) is 0 Å². The molecule has 0 aliphatic carbocycles. The number of nitrogens with two attached hydrogens (primary N) is 2. The molecule has 0 aromatic rings. The van der Waals surface area contributed by atoms with Crippen molar-refractivity contribution in [1.29, 1.82) is 4.78 Å². The standard InChI is InChI=1S/C16H33N3O2.C13H26N2O2.C13H27NO2.C11H25N3.C10H20N2O.C8H18N2OS.C8H20N2.C8H17NOS.C8H17NS/c1-15(2,3)19-12-10-18(11-13-19)9-7-8-17-14(20)21-16(4,5)6;1-12(2,3)15-9-7-14(8-10-15)11(16)17-13(4,5)6;1-11(2)14(6)10-8-7-9-12(15)16-13(3,4)5;1-11(2,3)14-9-7-13(8-10-14)6-4-5-12;1-9(13)11-5-7-12(8-6-11)10(2,3)4;1-8(2,3)10-4-6-12(9,11)7-5-10;1-8(2,3)10(4)7-5-6-9;1-8(2,3)9-4-6-11(10)7-5-9;1-8(2,3)9-4-6-10-7-5-9/h7-13H2,1-6H3,(H,17,20);7-10H2,1-6H3;11H,7-10H2,1-6H3;4-10,12H2,1-3H3;5-8H2,1-4H3;9H,4-7H2,1-3H3;5-7,9H2,1-4H3;4-7H2,1-3H3;4-7H2,1-3H3. The molecule has 124 heavy (non-hydrogen) atoms. The van der Waals surface area contributed by atoms with Crippen molar-refractivity contribution in [2.24, 2.45) is 11.5 Å². The highest BCUT2D eigenvalue weighted by atomic mass is 32.2. The van der Waals surface area contributed by atoms with Crippen LogP contribution in [0.4, 0.5) is 9.59 Å². The number of amides is 3. The van der Waals surface area contributed by atoms with Crippen LogP contribution in [0.1, 0.15) is 288 Å². The lowest BCUT2D eigenvalue weighted by molar-refractivity contribution is -0.155. The molecule has 7 aliphatic rings. The second-order valence-corrected chi connectivity index (χ2v) is 51.1. The minimum atomic E-state index is -2.22. The van der Waals surface area contributed by atoms with Crippen molar-refractivity contribution < 1.29 is 41.8 Å². The number of thioether (sulfide) groups is 1. The van der Waals surface area contributed by atoms with E-state index in [0.717, 1.165) is 181 Å². The summed E-state index contributed by atoms with van der Waals surface area (Å²) < 4.78 is 45.6. The van der Waals surface area contributed by atoms with E-state index in [-0.39, 0.29) is 62.9 Å². The minimum absolute atomic E-state index is 0.0836. The molecule has 6 N–H and O–H groups in total. The van der Waals surface area contributed by atoms with Gasteiger partial charge >= 0.3 is 18.2 Å². The van der Waals surface area contributed by atoms with Gasteiger partial charge in [-0.2, -0.15) is 11.8 Å². The number of piperazine rings is 4. The maximum atomic E-state index is 11.9. The van der Waals surface area contributed by atoms with Gasteiger partial charge in [-0.05, 0) is 328 Å². The molecule has 7 saturated heterocycles. The van der Waals surface area contributed by atoms with Gasteiger partial charge in [0.15, 0.2) is 0 Å². The van der Waals surface area contributed by atoms with E-state index in [0.29, 0.717) is 41.6 Å². The van der Waals surface area contributed by atoms with Crippen LogP contribution in [0.15, 0.2) is 0 Å². The van der Waals surface area contributed by atoms with Crippen LogP contribution >= 0.6 is 11.8 Å². The Morgan fingerprint density at radius 3 is 1.08 bits per heavy atom. The summed E-state index contributed by atoms with van der Waals surface area (Å²) in [5.41, 5.74) is 11.8. The Bertz CT molecular complexity index is 2960. The maximum Gasteiger partial charge on any atom is 0.410 e. The van der Waals surface area contributed by atoms with Gasteiger partial charge in [0.2, 0.25) is 5.91 Å². The van der Waals surface area contributed by atoms with Gasteiger partial charge in [0.25, 0.3) is 0 Å². The Morgan fingerprint density at radius 2 is 0.758 bits per heavy atom. The van der Waals surface area contributed by atoms with Gasteiger partial charge < -0.3 is 60.4 Å². The van der Waals surface area contributed by atoms with Crippen molar-refractivity contribution in [3.63, 3.8) is 0 Å². The van der Waals surface area contributed by atoms with Crippen LogP contribution in [0.3, 0.4) is 0 Å². The summed E-state index contributed by atoms with van der Waals surface area (Å²) >= 11 is 2.07. The number of nitrogens with one attached hydrogen (secondary N) is 2. The third kappa shape index (κ3) is 61.9. The third-order valence-corrected chi connectivity index (χ3v) is 26.8. The van der Waals surface area contributed by atoms with Gasteiger partial charge in [-0.1, -0.05) is 0 Å². The van der Waals surface area contributed by atoms with E-state index in [1.165, 1.54) is 57.3 Å². The predicted octanol–water partition coefficient (Wildman–Crippen LogP) is 14.1. The largest absolute Gasteiger partial charge is 0.460 e. The fourth-order valence-electron chi connectivity index (χ4n) is 13.9. The van der Waals surface area contributed by atoms with Crippen LogP contribution in [0, 0.1) is 4.78 Å². The molecule has 0 radical (unpaired) electrons. The lowest BCUT2D eigenvalue weighted by atomic mass is 10.0. The van der Waals surface area contributed by atoms with Crippen molar-refractivity contribution in [2.75, 3.05) is 238 Å². The number of hydrogen-bond donors (Lipinski definition) is 4. The highest BCUT2D eigenvalue weighted by Crippen LogP contribution is 2.24. The summed E-state index contributed by atoms with van der Waals surface area (Å²) in [5.74, 6) is 5.56. The van der Waals surface area contributed by atoms with Gasteiger partial charge in [-0.25, -0.2) is 13.8 Å². The maximum absolute atomic E-state index is 11.9. The van der Waals surface area contributed by atoms with Gasteiger partial charge in [0.1, 0.15) is 16.8 Å². The van der Waals surface area contributed by atoms with Crippen molar-refractivity contribution in [2.45, 2.75) is 355 Å². The van der Waals surface area contributed by atoms with Crippen LogP contribution < -0.4 is 16.8 Å². The Balaban J connectivity index is 0. The normalized spacial score (nSPS) is 19.4. The van der Waals surface area contributed by atoms with Crippen LogP contribution in [0.5, 0.6) is 0 Å². The molecule has 0 aromatic heterocycles. The zero-order chi connectivity index (χ0) is 96.5. The first-order valence-electron chi connectivity index (χ1n) is 47.3. The Morgan fingerprint density at radius 1 is 0.427 bits per heavy atom. The lowest BCUT2D eigenvalue weighted by Crippen LogP contribution is -2.55. The molecule has 7 aliphatic heterocycles. The monoisotopic (exact) mass is 1820 g/mol. The Hall–Kier alpha value is -2.59. The van der Waals surface area contributed by atoms with E-state index in [1.54, 1.807) is 11.8 Å². The Kier molecular flexibility index (Phi) is 57.5. The second-order valence-electron chi connectivity index (χ2n) is 45.7. The van der Waals surface area contributed by atoms with Crippen LogP contribution in [-0.2, 0) is 44.3 Å². The first-order valence-corrected chi connectivity index (χ1v) is 51.9. The molecule has 7 heterocycles. The molecule has 3 amide bonds. The van der Waals surface area contributed by atoms with Crippen molar-refractivity contribution >= 4 is 56.4 Å². The van der Waals surface area contributed by atoms with Crippen molar-refractivity contribution in [1.82, 2.24) is 69.0 Å². The zero-order valence-electron chi connectivity index (χ0n) is 87.9. The lowest BCUT2D eigenvalue weighted by Gasteiger charge is -2.42. The molecule has 0 unspecified atom stereocenters. The van der Waals surface area contributed by atoms with Gasteiger partial charge in [0, 0.05) is 269 Å². The zero-order valence-corrected chi connectivity index (χ0v) is 90.4. The molecular weight excluding hydrogens is 1620 g/mol. The summed E-state index contributed by atoms with van der Waals surface area (Å²) in [7, 11) is 1.49. The molecule has 26 nitrogen and oxygen atoms in total. The first-order chi connectivity index (χ1) is 56.2. The molecule has 7 rings (SSSR count). The van der Waals surface area contributed by atoms with E-state index in [2.05, 4.69) is 265 Å². The van der Waals surface area contributed by atoms with E-state index in [1.807, 2.05) is 67.2 Å². The third-order valence-electron chi connectivity index (χ3n) is 22.9. The molecule has 7 fully saturated rings. The number of carbonyl (C=O) groups excluding carboxylic acids is 4. The fraction of sp³-hybridized carbons (Fsp3) is 0.958. The molecule has 0 aromatic carbocycles. The summed E-state index contributed by atoms with van der Waals surface area (Å²) in [6, 6.07) is 0.571. The highest BCUT2D eigenvalue weighted by molar-refractivity contribution is 7.99. The molecular formula is C95H203N17O9S3. The van der Waals surface area contributed by atoms with Gasteiger partial charge in [-0.15, -0.1) is 0 Å². The second kappa shape index (κ2) is 57.8. The molecule has 29 heteroatoms. The average molecular weight is 1820 g/mol. The number of unbranched alkanes of at least 4 members (excludes halogenated alkanes) is 1. The van der Waals surface area contributed by atoms with E-state index >= 15 is 0 Å².